The van der Waals surface area contributed by atoms with Crippen LogP contribution in [-0.4, -0.2) is 63.4 Å². The lowest BCUT2D eigenvalue weighted by molar-refractivity contribution is -0.129. The first-order chi connectivity index (χ1) is 22.6. The molecule has 6 rings (SSSR count). The second kappa shape index (κ2) is 13.7. The number of anilines is 1. The van der Waals surface area contributed by atoms with Crippen LogP contribution in [0.5, 0.6) is 5.75 Å². The van der Waals surface area contributed by atoms with Crippen molar-refractivity contribution >= 4 is 46.6 Å². The third-order valence-electron chi connectivity index (χ3n) is 8.68. The average molecular weight is 677 g/mol. The molecule has 4 aromatic rings. The molecular weight excluding hydrogens is 641 g/mol. The lowest BCUT2D eigenvalue weighted by Gasteiger charge is -2.25. The van der Waals surface area contributed by atoms with Gasteiger partial charge < -0.3 is 30.2 Å². The highest BCUT2D eigenvalue weighted by atomic mass is 35.5. The molecule has 2 aliphatic rings. The number of hydrogen-bond acceptors (Lipinski definition) is 7. The van der Waals surface area contributed by atoms with Gasteiger partial charge in [0.1, 0.15) is 5.75 Å². The first kappa shape index (κ1) is 32.5. The van der Waals surface area contributed by atoms with Gasteiger partial charge in [-0.25, -0.2) is 4.98 Å². The number of carbonyl (C=O) groups excluding carboxylic acids is 3. The number of rotatable bonds is 9. The number of benzene rings is 2. The number of halogens is 2. The highest BCUT2D eigenvalue weighted by Crippen LogP contribution is 2.41. The number of fused-ring (bicyclic) bond motifs is 1. The topological polar surface area (TPSA) is 130 Å². The van der Waals surface area contributed by atoms with Crippen LogP contribution in [0, 0.1) is 0 Å². The van der Waals surface area contributed by atoms with E-state index in [1.807, 2.05) is 24.3 Å². The van der Waals surface area contributed by atoms with Crippen molar-refractivity contribution in [1.82, 2.24) is 30.1 Å². The fourth-order valence-electron chi connectivity index (χ4n) is 6.12. The molecule has 0 saturated carbocycles. The van der Waals surface area contributed by atoms with Gasteiger partial charge >= 0.3 is 0 Å². The molecule has 1 unspecified atom stereocenters. The molecule has 13 heteroatoms. The zero-order valence-corrected chi connectivity index (χ0v) is 27.8. The summed E-state index contributed by atoms with van der Waals surface area (Å²) in [6.45, 7) is 3.74. The first-order valence-electron chi connectivity index (χ1n) is 15.4. The SMILES string of the molecule is COc1cc(-c2nccc(-c3cccc(NC(=O)c4nc5c(n4C)CCN(C(C)=O)C5)c3Cl)c2Cl)ccc1CNCC1CCC(=O)N1. The Balaban J connectivity index is 1.21. The average Bonchev–Trinajstić information content (AvgIpc) is 3.64. The standard InChI is InChI=1S/C34H35Cl2N7O4/c1-19(44)43-14-12-27-26(18-43)40-33(42(27)2)34(46)41-25-6-4-5-23(30(25)35)24-11-13-38-32(31(24)36)20-7-8-21(28(15-20)47-3)16-37-17-22-9-10-29(45)39-22/h4-8,11,13,15,22,37H,9-10,12,14,16-18H2,1-3H3,(H,39,45)(H,41,46). The largest absolute Gasteiger partial charge is 0.496 e. The van der Waals surface area contributed by atoms with Crippen LogP contribution in [0.2, 0.25) is 10.0 Å². The molecule has 1 saturated heterocycles. The van der Waals surface area contributed by atoms with Crippen LogP contribution in [0.15, 0.2) is 48.7 Å². The van der Waals surface area contributed by atoms with Gasteiger partial charge in [-0.1, -0.05) is 47.5 Å². The first-order valence-corrected chi connectivity index (χ1v) is 16.1. The maximum absolute atomic E-state index is 13.4. The molecule has 2 aromatic heterocycles. The number of aromatic nitrogens is 3. The van der Waals surface area contributed by atoms with Crippen LogP contribution in [0.25, 0.3) is 22.4 Å². The molecule has 11 nitrogen and oxygen atoms in total. The second-order valence-electron chi connectivity index (χ2n) is 11.7. The minimum Gasteiger partial charge on any atom is -0.496 e. The zero-order valence-electron chi connectivity index (χ0n) is 26.3. The van der Waals surface area contributed by atoms with Crippen molar-refractivity contribution in [2.45, 2.75) is 45.3 Å². The monoisotopic (exact) mass is 675 g/mol. The molecule has 1 atom stereocenters. The number of nitrogens with one attached hydrogen (secondary N) is 3. The minimum absolute atomic E-state index is 0.0227. The molecule has 2 aromatic carbocycles. The fourth-order valence-corrected chi connectivity index (χ4v) is 6.71. The van der Waals surface area contributed by atoms with Gasteiger partial charge in [-0.2, -0.15) is 0 Å². The lowest BCUT2D eigenvalue weighted by Crippen LogP contribution is -2.35. The van der Waals surface area contributed by atoms with Crippen molar-refractivity contribution in [2.75, 3.05) is 25.5 Å². The fraction of sp³-hybridized carbons (Fsp3) is 0.324. The molecule has 47 heavy (non-hydrogen) atoms. The van der Waals surface area contributed by atoms with Gasteiger partial charge in [0.15, 0.2) is 5.82 Å². The highest BCUT2D eigenvalue weighted by molar-refractivity contribution is 6.39. The Hall–Kier alpha value is -4.45. The van der Waals surface area contributed by atoms with E-state index in [1.165, 1.54) is 6.92 Å². The van der Waals surface area contributed by atoms with Crippen LogP contribution in [0.4, 0.5) is 5.69 Å². The Kier molecular flexibility index (Phi) is 9.49. The summed E-state index contributed by atoms with van der Waals surface area (Å²) in [7, 11) is 3.42. The number of imidazole rings is 1. The van der Waals surface area contributed by atoms with Crippen molar-refractivity contribution < 1.29 is 19.1 Å². The quantitative estimate of drug-likeness (QED) is 0.228. The molecule has 0 spiro atoms. The predicted octanol–water partition coefficient (Wildman–Crippen LogP) is 4.99. The van der Waals surface area contributed by atoms with Gasteiger partial charge in [0.05, 0.1) is 40.8 Å². The number of ether oxygens (including phenoxy) is 1. The van der Waals surface area contributed by atoms with Crippen molar-refractivity contribution in [3.8, 4) is 28.1 Å². The number of amides is 3. The third-order valence-corrected chi connectivity index (χ3v) is 9.47. The van der Waals surface area contributed by atoms with Crippen LogP contribution < -0.4 is 20.7 Å². The predicted molar refractivity (Wildman–Crippen MR) is 181 cm³/mol. The molecule has 3 amide bonds. The zero-order chi connectivity index (χ0) is 33.2. The van der Waals surface area contributed by atoms with E-state index in [4.69, 9.17) is 27.9 Å². The summed E-state index contributed by atoms with van der Waals surface area (Å²) in [4.78, 5) is 47.6. The molecule has 4 heterocycles. The van der Waals surface area contributed by atoms with Gasteiger partial charge in [-0.3, -0.25) is 19.4 Å². The Morgan fingerprint density at radius 1 is 1.11 bits per heavy atom. The van der Waals surface area contributed by atoms with Gasteiger partial charge in [0.25, 0.3) is 5.91 Å². The van der Waals surface area contributed by atoms with Crippen molar-refractivity contribution in [3.05, 3.63) is 81.5 Å². The van der Waals surface area contributed by atoms with Crippen LogP contribution in [-0.2, 0) is 36.1 Å². The third kappa shape index (κ3) is 6.69. The number of carbonyl (C=O) groups is 3. The van der Waals surface area contributed by atoms with E-state index >= 15 is 0 Å². The second-order valence-corrected chi connectivity index (χ2v) is 12.4. The number of hydrogen-bond donors (Lipinski definition) is 3. The molecule has 244 valence electrons. The molecule has 0 radical (unpaired) electrons. The molecule has 0 aliphatic carbocycles. The summed E-state index contributed by atoms with van der Waals surface area (Å²) in [6.07, 6.45) is 3.68. The van der Waals surface area contributed by atoms with Crippen molar-refractivity contribution in [3.63, 3.8) is 0 Å². The normalized spacial score (nSPS) is 15.7. The van der Waals surface area contributed by atoms with E-state index in [0.717, 1.165) is 28.9 Å². The summed E-state index contributed by atoms with van der Waals surface area (Å²) < 4.78 is 7.47. The van der Waals surface area contributed by atoms with E-state index in [-0.39, 0.29) is 23.7 Å². The van der Waals surface area contributed by atoms with E-state index in [2.05, 4.69) is 25.9 Å². The van der Waals surface area contributed by atoms with Gasteiger partial charge in [0.2, 0.25) is 11.8 Å². The van der Waals surface area contributed by atoms with Crippen LogP contribution in [0.1, 0.15) is 47.3 Å². The van der Waals surface area contributed by atoms with E-state index in [9.17, 15) is 14.4 Å². The summed E-state index contributed by atoms with van der Waals surface area (Å²) in [5.41, 5.74) is 5.62. The van der Waals surface area contributed by atoms with Gasteiger partial charge in [0, 0.05) is 86.6 Å². The lowest BCUT2D eigenvalue weighted by atomic mass is 10.0. The Morgan fingerprint density at radius 2 is 1.91 bits per heavy atom. The van der Waals surface area contributed by atoms with E-state index < -0.39 is 5.91 Å². The van der Waals surface area contributed by atoms with Crippen molar-refractivity contribution in [1.29, 1.82) is 0 Å². The minimum atomic E-state index is -0.411. The van der Waals surface area contributed by atoms with Gasteiger partial charge in [-0.15, -0.1) is 0 Å². The van der Waals surface area contributed by atoms with Gasteiger partial charge in [-0.05, 0) is 24.6 Å². The van der Waals surface area contributed by atoms with Crippen LogP contribution >= 0.6 is 23.2 Å². The van der Waals surface area contributed by atoms with E-state index in [1.54, 1.807) is 48.0 Å². The van der Waals surface area contributed by atoms with E-state index in [0.29, 0.717) is 77.3 Å². The molecule has 3 N–H and O–H groups in total. The maximum Gasteiger partial charge on any atom is 0.291 e. The molecule has 2 aliphatic heterocycles. The van der Waals surface area contributed by atoms with Crippen LogP contribution in [0.3, 0.4) is 0 Å². The Labute approximate surface area is 282 Å². The Morgan fingerprint density at radius 3 is 2.66 bits per heavy atom. The summed E-state index contributed by atoms with van der Waals surface area (Å²) in [6, 6.07) is 13.1. The maximum atomic E-state index is 13.4. The molecular formula is C34H35Cl2N7O4. The number of nitrogens with zero attached hydrogens (tertiary/aromatic N) is 4. The smallest absolute Gasteiger partial charge is 0.291 e. The Bertz CT molecular complexity index is 1880. The summed E-state index contributed by atoms with van der Waals surface area (Å²) in [5.74, 6) is 0.581. The summed E-state index contributed by atoms with van der Waals surface area (Å²) in [5, 5.41) is 9.98. The van der Waals surface area contributed by atoms with Crippen molar-refractivity contribution in [2.24, 2.45) is 7.05 Å². The summed E-state index contributed by atoms with van der Waals surface area (Å²) >= 11 is 13.9. The molecule has 1 fully saturated rings. The number of pyridine rings is 1. The number of methoxy groups -OCH3 is 1. The highest BCUT2D eigenvalue weighted by Gasteiger charge is 2.27. The molecule has 0 bridgehead atoms.